The van der Waals surface area contributed by atoms with E-state index in [2.05, 4.69) is 46.9 Å². The van der Waals surface area contributed by atoms with Crippen molar-refractivity contribution >= 4 is 15.9 Å². The van der Waals surface area contributed by atoms with Crippen molar-refractivity contribution in [3.8, 4) is 0 Å². The van der Waals surface area contributed by atoms with Crippen LogP contribution in [-0.2, 0) is 0 Å². The van der Waals surface area contributed by atoms with Crippen LogP contribution in [0.1, 0.15) is 32.4 Å². The van der Waals surface area contributed by atoms with Crippen LogP contribution in [-0.4, -0.2) is 30.1 Å². The molecular weight excluding hydrogens is 295 g/mol. The summed E-state index contributed by atoms with van der Waals surface area (Å²) in [5.41, 5.74) is 0.769. The minimum atomic E-state index is -0.121. The third-order valence-corrected chi connectivity index (χ3v) is 4.21. The summed E-state index contributed by atoms with van der Waals surface area (Å²) in [6, 6.07) is 6.15. The van der Waals surface area contributed by atoms with E-state index in [0.717, 1.165) is 23.1 Å². The number of nitrogens with one attached hydrogen (secondary N) is 1. The smallest absolute Gasteiger partial charge is 0.128 e. The lowest BCUT2D eigenvalue weighted by atomic mass is 10.0. The lowest BCUT2D eigenvalue weighted by Crippen LogP contribution is -2.54. The van der Waals surface area contributed by atoms with Crippen LogP contribution in [0, 0.1) is 5.82 Å². The van der Waals surface area contributed by atoms with Crippen LogP contribution in [0.25, 0.3) is 0 Å². The van der Waals surface area contributed by atoms with Gasteiger partial charge in [0, 0.05) is 41.3 Å². The minimum absolute atomic E-state index is 0.0991. The van der Waals surface area contributed by atoms with Crippen LogP contribution in [0.15, 0.2) is 22.7 Å². The van der Waals surface area contributed by atoms with Crippen molar-refractivity contribution in [2.24, 2.45) is 0 Å². The van der Waals surface area contributed by atoms with Gasteiger partial charge in [0.15, 0.2) is 0 Å². The zero-order valence-corrected chi connectivity index (χ0v) is 12.7. The van der Waals surface area contributed by atoms with Gasteiger partial charge in [-0.05, 0) is 39.0 Å². The number of piperazine rings is 1. The molecule has 1 aliphatic heterocycles. The molecule has 0 amide bonds. The summed E-state index contributed by atoms with van der Waals surface area (Å²) >= 11 is 3.42. The van der Waals surface area contributed by atoms with Crippen molar-refractivity contribution in [2.45, 2.75) is 38.9 Å². The average Bonchev–Trinajstić information content (AvgIpc) is 2.34. The number of benzene rings is 1. The molecule has 3 unspecified atom stereocenters. The van der Waals surface area contributed by atoms with E-state index in [1.807, 2.05) is 6.07 Å². The van der Waals surface area contributed by atoms with Crippen LogP contribution in [0.2, 0.25) is 0 Å². The highest BCUT2D eigenvalue weighted by Gasteiger charge is 2.28. The summed E-state index contributed by atoms with van der Waals surface area (Å²) < 4.78 is 14.9. The molecule has 0 aliphatic carbocycles. The van der Waals surface area contributed by atoms with E-state index in [4.69, 9.17) is 0 Å². The largest absolute Gasteiger partial charge is 0.311 e. The van der Waals surface area contributed by atoms with Crippen molar-refractivity contribution < 1.29 is 4.39 Å². The molecule has 1 aromatic carbocycles. The van der Waals surface area contributed by atoms with Gasteiger partial charge in [-0.2, -0.15) is 0 Å². The normalized spacial score (nSPS) is 27.2. The molecule has 18 heavy (non-hydrogen) atoms. The molecule has 0 radical (unpaired) electrons. The fraction of sp³-hybridized carbons (Fsp3) is 0.571. The van der Waals surface area contributed by atoms with Gasteiger partial charge in [-0.3, -0.25) is 4.90 Å². The molecule has 0 bridgehead atoms. The van der Waals surface area contributed by atoms with Crippen molar-refractivity contribution in [1.29, 1.82) is 0 Å². The maximum atomic E-state index is 13.9. The molecule has 4 heteroatoms. The summed E-state index contributed by atoms with van der Waals surface area (Å²) in [6.45, 7) is 8.35. The van der Waals surface area contributed by atoms with Gasteiger partial charge < -0.3 is 5.32 Å². The second kappa shape index (κ2) is 5.68. The van der Waals surface area contributed by atoms with Crippen molar-refractivity contribution in [2.75, 3.05) is 13.1 Å². The fourth-order valence-corrected chi connectivity index (χ4v) is 2.98. The molecule has 1 N–H and O–H groups in total. The van der Waals surface area contributed by atoms with E-state index in [1.54, 1.807) is 6.07 Å². The Kier molecular flexibility index (Phi) is 4.41. The first-order chi connectivity index (χ1) is 8.49. The Morgan fingerprint density at radius 2 is 2.17 bits per heavy atom. The monoisotopic (exact) mass is 314 g/mol. The highest BCUT2D eigenvalue weighted by atomic mass is 79.9. The minimum Gasteiger partial charge on any atom is -0.311 e. The molecule has 2 nitrogen and oxygen atoms in total. The van der Waals surface area contributed by atoms with Crippen LogP contribution >= 0.6 is 15.9 Å². The molecule has 1 heterocycles. The topological polar surface area (TPSA) is 15.3 Å². The zero-order valence-electron chi connectivity index (χ0n) is 11.1. The summed E-state index contributed by atoms with van der Waals surface area (Å²) in [6.07, 6.45) is 0. The van der Waals surface area contributed by atoms with Crippen LogP contribution < -0.4 is 5.32 Å². The van der Waals surface area contributed by atoms with E-state index in [9.17, 15) is 4.39 Å². The Labute approximate surface area is 117 Å². The molecule has 1 saturated heterocycles. The Balaban J connectivity index is 2.23. The van der Waals surface area contributed by atoms with Gasteiger partial charge in [0.25, 0.3) is 0 Å². The van der Waals surface area contributed by atoms with Gasteiger partial charge in [-0.25, -0.2) is 4.39 Å². The number of halogens is 2. The number of hydrogen-bond donors (Lipinski definition) is 1. The lowest BCUT2D eigenvalue weighted by molar-refractivity contribution is 0.102. The molecule has 0 aromatic heterocycles. The Morgan fingerprint density at radius 1 is 1.44 bits per heavy atom. The second-order valence-corrected chi connectivity index (χ2v) is 6.11. The van der Waals surface area contributed by atoms with Crippen molar-refractivity contribution in [1.82, 2.24) is 10.2 Å². The van der Waals surface area contributed by atoms with Gasteiger partial charge in [0.2, 0.25) is 0 Å². The highest BCUT2D eigenvalue weighted by Crippen LogP contribution is 2.28. The number of hydrogen-bond acceptors (Lipinski definition) is 2. The Morgan fingerprint density at radius 3 is 2.89 bits per heavy atom. The van der Waals surface area contributed by atoms with E-state index in [0.29, 0.717) is 12.1 Å². The lowest BCUT2D eigenvalue weighted by Gasteiger charge is -2.41. The summed E-state index contributed by atoms with van der Waals surface area (Å²) in [5, 5.41) is 3.45. The highest BCUT2D eigenvalue weighted by molar-refractivity contribution is 9.10. The Hall–Kier alpha value is -0.450. The molecule has 1 fully saturated rings. The predicted octanol–water partition coefficient (Wildman–Crippen LogP) is 3.33. The van der Waals surface area contributed by atoms with Crippen molar-refractivity contribution in [3.63, 3.8) is 0 Å². The third kappa shape index (κ3) is 2.92. The van der Waals surface area contributed by atoms with Gasteiger partial charge in [-0.1, -0.05) is 15.9 Å². The van der Waals surface area contributed by atoms with E-state index in [-0.39, 0.29) is 11.9 Å². The number of rotatable bonds is 2. The molecule has 1 aliphatic rings. The van der Waals surface area contributed by atoms with Gasteiger partial charge in [0.1, 0.15) is 5.82 Å². The molecule has 1 aromatic rings. The van der Waals surface area contributed by atoms with E-state index >= 15 is 0 Å². The second-order valence-electron chi connectivity index (χ2n) is 5.20. The van der Waals surface area contributed by atoms with E-state index < -0.39 is 0 Å². The van der Waals surface area contributed by atoms with Crippen molar-refractivity contribution in [3.05, 3.63) is 34.1 Å². The number of nitrogens with zero attached hydrogens (tertiary/aromatic N) is 1. The predicted molar refractivity (Wildman–Crippen MR) is 76.1 cm³/mol. The molecule has 2 rings (SSSR count). The maximum Gasteiger partial charge on any atom is 0.128 e. The maximum absolute atomic E-state index is 13.9. The van der Waals surface area contributed by atoms with Crippen LogP contribution in [0.4, 0.5) is 4.39 Å². The zero-order chi connectivity index (χ0) is 13.3. The van der Waals surface area contributed by atoms with Crippen LogP contribution in [0.5, 0.6) is 0 Å². The standard InChI is InChI=1S/C14H20BrFN2/c1-9-8-18(10(2)7-17-9)11(3)13-6-12(15)4-5-14(13)16/h4-6,9-11,17H,7-8H2,1-3H3. The first-order valence-corrected chi connectivity index (χ1v) is 7.22. The average molecular weight is 315 g/mol. The summed E-state index contributed by atoms with van der Waals surface area (Å²) in [7, 11) is 0. The molecule has 0 saturated carbocycles. The van der Waals surface area contributed by atoms with Crippen LogP contribution in [0.3, 0.4) is 0 Å². The molecular formula is C14H20BrFN2. The first-order valence-electron chi connectivity index (χ1n) is 6.43. The fourth-order valence-electron chi connectivity index (χ4n) is 2.60. The summed E-state index contributed by atoms with van der Waals surface area (Å²) in [5.74, 6) is -0.121. The SMILES string of the molecule is CC1CN(C(C)c2cc(Br)ccc2F)C(C)CN1. The third-order valence-electron chi connectivity index (χ3n) is 3.72. The molecule has 3 atom stereocenters. The van der Waals surface area contributed by atoms with Gasteiger partial charge >= 0.3 is 0 Å². The summed E-state index contributed by atoms with van der Waals surface area (Å²) in [4.78, 5) is 2.37. The Bertz CT molecular complexity index is 424. The quantitative estimate of drug-likeness (QED) is 0.900. The van der Waals surface area contributed by atoms with E-state index in [1.165, 1.54) is 6.07 Å². The first kappa shape index (κ1) is 14.0. The van der Waals surface area contributed by atoms with Gasteiger partial charge in [-0.15, -0.1) is 0 Å². The molecule has 0 spiro atoms. The molecule has 100 valence electrons. The van der Waals surface area contributed by atoms with Gasteiger partial charge in [0.05, 0.1) is 0 Å².